The third-order valence-corrected chi connectivity index (χ3v) is 7.41. The number of carbonyl (C=O) groups excluding carboxylic acids is 2. The fraction of sp³-hybridized carbons (Fsp3) is 0.579. The molecule has 0 radical (unpaired) electrons. The number of rotatable bonds is 3. The zero-order valence-electron chi connectivity index (χ0n) is 16.4. The molecule has 3 atom stereocenters. The summed E-state index contributed by atoms with van der Waals surface area (Å²) in [5.41, 5.74) is -1.75. The highest BCUT2D eigenvalue weighted by Crippen LogP contribution is 2.34. The Bertz CT molecular complexity index is 907. The van der Waals surface area contributed by atoms with Gasteiger partial charge >= 0.3 is 12.2 Å². The summed E-state index contributed by atoms with van der Waals surface area (Å²) in [6.07, 6.45) is -4.30. The van der Waals surface area contributed by atoms with Crippen LogP contribution < -0.4 is 5.32 Å². The second-order valence-electron chi connectivity index (χ2n) is 7.86. The molecule has 4 rings (SSSR count). The molecule has 3 saturated heterocycles. The van der Waals surface area contributed by atoms with E-state index >= 15 is 0 Å². The maximum absolute atomic E-state index is 14.0. The molecule has 3 fully saturated rings. The number of ether oxygens (including phenoxy) is 1. The highest BCUT2D eigenvalue weighted by Gasteiger charge is 2.42. The van der Waals surface area contributed by atoms with E-state index in [1.165, 1.54) is 4.90 Å². The van der Waals surface area contributed by atoms with Gasteiger partial charge in [0, 0.05) is 42.5 Å². The van der Waals surface area contributed by atoms with Gasteiger partial charge in [0.15, 0.2) is 0 Å². The fourth-order valence-corrected chi connectivity index (χ4v) is 5.57. The Morgan fingerprint density at radius 3 is 2.68 bits per heavy atom. The van der Waals surface area contributed by atoms with Gasteiger partial charge in [-0.3, -0.25) is 9.00 Å². The van der Waals surface area contributed by atoms with Gasteiger partial charge < -0.3 is 19.9 Å². The summed E-state index contributed by atoms with van der Waals surface area (Å²) in [5, 5.41) is 2.27. The number of fused-ring (bicyclic) bond motifs is 1. The smallest absolute Gasteiger partial charge is 0.366 e. The van der Waals surface area contributed by atoms with Gasteiger partial charge in [-0.2, -0.15) is 13.2 Å². The number of nitrogens with one attached hydrogen (secondary N) is 1. The SMILES string of the molecule is O=C1CO[C@H]2CCN(C(=O)N3CC(S(=O)Cc4c(F)cccc4C(F)(F)F)C3)C[C@H]2N1. The summed E-state index contributed by atoms with van der Waals surface area (Å²) in [7, 11) is -1.77. The minimum absolute atomic E-state index is 0.00674. The molecule has 0 spiro atoms. The van der Waals surface area contributed by atoms with Crippen molar-refractivity contribution in [3.63, 3.8) is 0 Å². The van der Waals surface area contributed by atoms with E-state index in [0.29, 0.717) is 19.5 Å². The number of morpholine rings is 1. The first-order valence-corrected chi connectivity index (χ1v) is 11.2. The van der Waals surface area contributed by atoms with Crippen molar-refractivity contribution in [3.05, 3.63) is 35.1 Å². The number of piperidine rings is 1. The van der Waals surface area contributed by atoms with Crippen LogP contribution in [0.2, 0.25) is 0 Å². The molecule has 0 aliphatic carbocycles. The van der Waals surface area contributed by atoms with Crippen molar-refractivity contribution in [1.82, 2.24) is 15.1 Å². The Morgan fingerprint density at radius 2 is 1.97 bits per heavy atom. The number of alkyl halides is 3. The lowest BCUT2D eigenvalue weighted by molar-refractivity contribution is -0.140. The number of nitrogens with zero attached hydrogens (tertiary/aromatic N) is 2. The molecule has 1 unspecified atom stereocenters. The molecule has 3 amide bonds. The first-order chi connectivity index (χ1) is 14.6. The average molecular weight is 463 g/mol. The van der Waals surface area contributed by atoms with E-state index in [1.54, 1.807) is 4.90 Å². The monoisotopic (exact) mass is 463 g/mol. The molecule has 170 valence electrons. The van der Waals surface area contributed by atoms with Crippen molar-refractivity contribution < 1.29 is 36.1 Å². The zero-order valence-corrected chi connectivity index (χ0v) is 17.2. The third kappa shape index (κ3) is 4.54. The van der Waals surface area contributed by atoms with Gasteiger partial charge in [0.2, 0.25) is 5.91 Å². The molecule has 1 N–H and O–H groups in total. The van der Waals surface area contributed by atoms with E-state index in [1.807, 2.05) is 0 Å². The minimum Gasteiger partial charge on any atom is -0.366 e. The number of carbonyl (C=O) groups is 2. The van der Waals surface area contributed by atoms with Crippen LogP contribution in [0.1, 0.15) is 17.5 Å². The number of benzene rings is 1. The van der Waals surface area contributed by atoms with Gasteiger partial charge in [-0.25, -0.2) is 9.18 Å². The molecule has 1 aromatic carbocycles. The molecule has 1 aromatic rings. The lowest BCUT2D eigenvalue weighted by Crippen LogP contribution is -2.65. The summed E-state index contributed by atoms with van der Waals surface area (Å²) in [5.74, 6) is -1.85. The van der Waals surface area contributed by atoms with Gasteiger partial charge in [-0.05, 0) is 18.6 Å². The van der Waals surface area contributed by atoms with Crippen LogP contribution in [-0.4, -0.2) is 76.1 Å². The Morgan fingerprint density at radius 1 is 1.23 bits per heavy atom. The third-order valence-electron chi connectivity index (χ3n) is 5.80. The Balaban J connectivity index is 1.33. The van der Waals surface area contributed by atoms with Crippen molar-refractivity contribution >= 4 is 22.7 Å². The largest absolute Gasteiger partial charge is 0.416 e. The van der Waals surface area contributed by atoms with Crippen molar-refractivity contribution in [3.8, 4) is 0 Å². The molecule has 3 heterocycles. The molecular formula is C19H21F4N3O4S. The van der Waals surface area contributed by atoms with E-state index in [4.69, 9.17) is 4.74 Å². The Kier molecular flexibility index (Phi) is 5.95. The van der Waals surface area contributed by atoms with Gasteiger partial charge in [0.1, 0.15) is 12.4 Å². The number of amides is 3. The van der Waals surface area contributed by atoms with Crippen LogP contribution in [0.4, 0.5) is 22.4 Å². The van der Waals surface area contributed by atoms with Crippen LogP contribution in [0, 0.1) is 5.82 Å². The maximum atomic E-state index is 14.0. The van der Waals surface area contributed by atoms with Gasteiger partial charge in [-0.1, -0.05) is 6.07 Å². The molecule has 3 aliphatic rings. The van der Waals surface area contributed by atoms with Crippen molar-refractivity contribution in [2.75, 3.05) is 32.8 Å². The first kappa shape index (κ1) is 22.0. The van der Waals surface area contributed by atoms with Crippen LogP contribution in [0.15, 0.2) is 18.2 Å². The molecular weight excluding hydrogens is 442 g/mol. The zero-order chi connectivity index (χ0) is 22.3. The van der Waals surface area contributed by atoms with Gasteiger partial charge in [-0.15, -0.1) is 0 Å². The van der Waals surface area contributed by atoms with Gasteiger partial charge in [0.25, 0.3) is 0 Å². The highest BCUT2D eigenvalue weighted by molar-refractivity contribution is 7.85. The average Bonchev–Trinajstić information content (AvgIpc) is 2.66. The van der Waals surface area contributed by atoms with E-state index in [-0.39, 0.29) is 43.8 Å². The van der Waals surface area contributed by atoms with E-state index in [9.17, 15) is 31.4 Å². The normalized spacial score (nSPS) is 25.5. The van der Waals surface area contributed by atoms with Crippen molar-refractivity contribution in [2.45, 2.75) is 35.7 Å². The standard InChI is InChI=1S/C19H21F4N3O4S/c20-14-3-1-2-13(19(21,22)23)12(14)10-31(29)11-6-26(7-11)18(28)25-5-4-16-15(8-25)24-17(27)9-30-16/h1-3,11,15-16H,4-10H2,(H,24,27)/t15-,16+,31?/m1/s1. The summed E-state index contributed by atoms with van der Waals surface area (Å²) < 4.78 is 71.4. The first-order valence-electron chi connectivity index (χ1n) is 9.80. The van der Waals surface area contributed by atoms with Crippen molar-refractivity contribution in [1.29, 1.82) is 0 Å². The number of likely N-dealkylation sites (tertiary alicyclic amines) is 2. The van der Waals surface area contributed by atoms with Crippen LogP contribution in [0.25, 0.3) is 0 Å². The molecule has 31 heavy (non-hydrogen) atoms. The fourth-order valence-electron chi connectivity index (χ4n) is 4.07. The van der Waals surface area contributed by atoms with Gasteiger partial charge in [0.05, 0.1) is 28.7 Å². The number of urea groups is 1. The summed E-state index contributed by atoms with van der Waals surface area (Å²) in [4.78, 5) is 27.2. The molecule has 0 saturated carbocycles. The van der Waals surface area contributed by atoms with E-state index in [0.717, 1.165) is 18.2 Å². The van der Waals surface area contributed by atoms with Crippen LogP contribution in [0.3, 0.4) is 0 Å². The lowest BCUT2D eigenvalue weighted by Gasteiger charge is -2.45. The highest BCUT2D eigenvalue weighted by atomic mass is 32.2. The second kappa shape index (κ2) is 8.38. The predicted molar refractivity (Wildman–Crippen MR) is 102 cm³/mol. The Labute approximate surface area is 178 Å². The molecule has 0 bridgehead atoms. The second-order valence-corrected chi connectivity index (χ2v) is 9.57. The van der Waals surface area contributed by atoms with E-state index in [2.05, 4.69) is 5.32 Å². The number of halogens is 4. The Hall–Kier alpha value is -2.21. The summed E-state index contributed by atoms with van der Waals surface area (Å²) in [6, 6.07) is 2.08. The minimum atomic E-state index is -4.74. The van der Waals surface area contributed by atoms with Crippen LogP contribution in [0.5, 0.6) is 0 Å². The topological polar surface area (TPSA) is 79.0 Å². The molecule has 3 aliphatic heterocycles. The molecule has 0 aromatic heterocycles. The summed E-state index contributed by atoms with van der Waals surface area (Å²) in [6.45, 7) is 0.990. The quantitative estimate of drug-likeness (QED) is 0.689. The lowest BCUT2D eigenvalue weighted by atomic mass is 10.0. The summed E-state index contributed by atoms with van der Waals surface area (Å²) >= 11 is 0. The van der Waals surface area contributed by atoms with Crippen LogP contribution >= 0.6 is 0 Å². The van der Waals surface area contributed by atoms with Crippen molar-refractivity contribution in [2.24, 2.45) is 0 Å². The number of hydrogen-bond acceptors (Lipinski definition) is 4. The maximum Gasteiger partial charge on any atom is 0.416 e. The predicted octanol–water partition coefficient (Wildman–Crippen LogP) is 1.49. The van der Waals surface area contributed by atoms with E-state index < -0.39 is 44.9 Å². The number of hydrogen-bond donors (Lipinski definition) is 1. The van der Waals surface area contributed by atoms with Crippen LogP contribution in [-0.2, 0) is 32.3 Å². The molecule has 12 heteroatoms. The molecule has 7 nitrogen and oxygen atoms in total.